The molecule has 0 fully saturated rings. The molecule has 0 radical (unpaired) electrons. The number of hydrogen-bond acceptors (Lipinski definition) is 0. The van der Waals surface area contributed by atoms with E-state index in [1.807, 2.05) is 0 Å². The molecule has 2 rings (SSSR count). The van der Waals surface area contributed by atoms with Gasteiger partial charge in [0.25, 0.3) is 0 Å². The van der Waals surface area contributed by atoms with Gasteiger partial charge in [0.15, 0.2) is 0 Å². The minimum Gasteiger partial charge on any atom is -0.0807 e. The van der Waals surface area contributed by atoms with E-state index in [1.54, 1.807) is 5.57 Å². The highest BCUT2D eigenvalue weighted by Crippen LogP contribution is 2.24. The molecule has 104 valence electrons. The smallest absolute Gasteiger partial charge is 0.0228 e. The summed E-state index contributed by atoms with van der Waals surface area (Å²) in [6.07, 6.45) is 16.4. The van der Waals surface area contributed by atoms with Gasteiger partial charge in [0.05, 0.1) is 0 Å². The van der Waals surface area contributed by atoms with E-state index in [0.717, 1.165) is 0 Å². The lowest BCUT2D eigenvalue weighted by Gasteiger charge is -2.10. The van der Waals surface area contributed by atoms with E-state index in [4.69, 9.17) is 0 Å². The number of benzene rings is 1. The average molecular weight is 256 g/mol. The van der Waals surface area contributed by atoms with Crippen LogP contribution in [0.25, 0.3) is 5.57 Å². The van der Waals surface area contributed by atoms with Crippen molar-refractivity contribution in [1.82, 2.24) is 0 Å². The van der Waals surface area contributed by atoms with Gasteiger partial charge in [-0.25, -0.2) is 0 Å². The van der Waals surface area contributed by atoms with Crippen LogP contribution >= 0.6 is 0 Å². The lowest BCUT2D eigenvalue weighted by atomic mass is 9.95. The summed E-state index contributed by atoms with van der Waals surface area (Å²) in [7, 11) is 0. The van der Waals surface area contributed by atoms with Gasteiger partial charge >= 0.3 is 0 Å². The Bertz CT molecular complexity index is 383. The molecule has 0 heteroatoms. The summed E-state index contributed by atoms with van der Waals surface area (Å²) < 4.78 is 0. The molecular formula is C19H28. The summed E-state index contributed by atoms with van der Waals surface area (Å²) in [4.78, 5) is 0. The van der Waals surface area contributed by atoms with Crippen LogP contribution < -0.4 is 0 Å². The number of allylic oxidation sites excluding steroid dienone is 2. The minimum atomic E-state index is 1.27. The molecule has 1 aliphatic carbocycles. The zero-order chi connectivity index (χ0) is 13.3. The summed E-state index contributed by atoms with van der Waals surface area (Å²) in [6, 6.07) is 9.08. The Morgan fingerprint density at radius 2 is 1.26 bits per heavy atom. The third kappa shape index (κ3) is 5.22. The number of rotatable bonds is 1. The van der Waals surface area contributed by atoms with Crippen molar-refractivity contribution in [3.8, 4) is 0 Å². The van der Waals surface area contributed by atoms with Crippen LogP contribution in [-0.4, -0.2) is 0 Å². The Morgan fingerprint density at radius 3 is 1.95 bits per heavy atom. The topological polar surface area (TPSA) is 0 Å². The maximum Gasteiger partial charge on any atom is -0.0228 e. The van der Waals surface area contributed by atoms with Gasteiger partial charge in [-0.3, -0.25) is 0 Å². The fourth-order valence-corrected chi connectivity index (χ4v) is 2.93. The summed E-state index contributed by atoms with van der Waals surface area (Å²) >= 11 is 0. The van der Waals surface area contributed by atoms with Crippen molar-refractivity contribution in [3.05, 3.63) is 41.5 Å². The average Bonchev–Trinajstić information content (AvgIpc) is 2.41. The van der Waals surface area contributed by atoms with Crippen molar-refractivity contribution in [2.75, 3.05) is 0 Å². The molecular weight excluding hydrogens is 228 g/mol. The lowest BCUT2D eigenvalue weighted by molar-refractivity contribution is 0.568. The van der Waals surface area contributed by atoms with Crippen LogP contribution in [0.15, 0.2) is 30.3 Å². The van der Waals surface area contributed by atoms with Crippen molar-refractivity contribution in [1.29, 1.82) is 0 Å². The van der Waals surface area contributed by atoms with Crippen molar-refractivity contribution in [2.45, 2.75) is 71.1 Å². The predicted molar refractivity (Wildman–Crippen MR) is 85.3 cm³/mol. The van der Waals surface area contributed by atoms with E-state index in [-0.39, 0.29) is 0 Å². The summed E-state index contributed by atoms with van der Waals surface area (Å²) in [5, 5.41) is 0. The molecule has 0 bridgehead atoms. The van der Waals surface area contributed by atoms with Gasteiger partial charge in [-0.05, 0) is 43.7 Å². The van der Waals surface area contributed by atoms with Crippen LogP contribution in [0.5, 0.6) is 0 Å². The van der Waals surface area contributed by atoms with Crippen molar-refractivity contribution < 1.29 is 0 Å². The first-order chi connectivity index (χ1) is 9.36. The van der Waals surface area contributed by atoms with E-state index in [2.05, 4.69) is 37.3 Å². The third-order valence-electron chi connectivity index (χ3n) is 4.21. The molecule has 1 aromatic rings. The fourth-order valence-electron chi connectivity index (χ4n) is 2.93. The van der Waals surface area contributed by atoms with Gasteiger partial charge in [-0.2, -0.15) is 0 Å². The Kier molecular flexibility index (Phi) is 6.20. The van der Waals surface area contributed by atoms with Gasteiger partial charge in [0.1, 0.15) is 0 Å². The van der Waals surface area contributed by atoms with E-state index in [0.29, 0.717) is 0 Å². The number of hydrogen-bond donors (Lipinski definition) is 0. The monoisotopic (exact) mass is 256 g/mol. The second kappa shape index (κ2) is 8.19. The zero-order valence-corrected chi connectivity index (χ0v) is 12.5. The molecule has 0 saturated carbocycles. The Morgan fingerprint density at radius 1 is 0.684 bits per heavy atom. The Hall–Kier alpha value is -1.04. The zero-order valence-electron chi connectivity index (χ0n) is 12.5. The van der Waals surface area contributed by atoms with E-state index < -0.39 is 0 Å². The summed E-state index contributed by atoms with van der Waals surface area (Å²) in [5.74, 6) is 0. The molecule has 0 heterocycles. The highest BCUT2D eigenvalue weighted by Gasteiger charge is 2.03. The van der Waals surface area contributed by atoms with Crippen LogP contribution in [0.4, 0.5) is 0 Å². The first-order valence-electron chi connectivity index (χ1n) is 8.12. The van der Waals surface area contributed by atoms with E-state index in [1.165, 1.54) is 75.3 Å². The van der Waals surface area contributed by atoms with Crippen LogP contribution in [0.2, 0.25) is 0 Å². The third-order valence-corrected chi connectivity index (χ3v) is 4.21. The van der Waals surface area contributed by atoms with Crippen LogP contribution in [0, 0.1) is 6.92 Å². The molecule has 0 saturated heterocycles. The minimum absolute atomic E-state index is 1.27. The van der Waals surface area contributed by atoms with Crippen LogP contribution in [0.3, 0.4) is 0 Å². The highest BCUT2D eigenvalue weighted by molar-refractivity contribution is 5.65. The largest absolute Gasteiger partial charge is 0.0807 e. The number of aryl methyl sites for hydroxylation is 1. The quantitative estimate of drug-likeness (QED) is 0.553. The Balaban J connectivity index is 2.02. The van der Waals surface area contributed by atoms with Gasteiger partial charge in [0.2, 0.25) is 0 Å². The van der Waals surface area contributed by atoms with Gasteiger partial charge in [0, 0.05) is 0 Å². The van der Waals surface area contributed by atoms with Crippen molar-refractivity contribution in [2.24, 2.45) is 0 Å². The molecule has 0 amide bonds. The van der Waals surface area contributed by atoms with Gasteiger partial charge in [-0.1, -0.05) is 74.4 Å². The maximum atomic E-state index is 2.51. The molecule has 19 heavy (non-hydrogen) atoms. The molecule has 0 nitrogen and oxygen atoms in total. The normalized spacial score (nSPS) is 19.1. The second-order valence-corrected chi connectivity index (χ2v) is 5.96. The van der Waals surface area contributed by atoms with Crippen molar-refractivity contribution >= 4 is 5.57 Å². The van der Waals surface area contributed by atoms with Gasteiger partial charge < -0.3 is 0 Å². The first kappa shape index (κ1) is 14.4. The second-order valence-electron chi connectivity index (χ2n) is 5.96. The maximum absolute atomic E-state index is 2.51. The first-order valence-corrected chi connectivity index (χ1v) is 8.12. The Labute approximate surface area is 118 Å². The van der Waals surface area contributed by atoms with Crippen LogP contribution in [-0.2, 0) is 0 Å². The molecule has 0 atom stereocenters. The van der Waals surface area contributed by atoms with E-state index >= 15 is 0 Å². The highest BCUT2D eigenvalue weighted by atomic mass is 14.1. The molecule has 1 aromatic carbocycles. The fraction of sp³-hybridized carbons (Fsp3) is 0.579. The standard InChI is InChI=1S/C19H28/c1-17-13-15-19(16-14-17)18-11-9-7-5-3-2-4-6-8-10-12-18/h11,13-16H,2-10,12H2,1H3. The summed E-state index contributed by atoms with van der Waals surface area (Å²) in [5.41, 5.74) is 4.39. The molecule has 0 spiro atoms. The predicted octanol–water partition coefficient (Wildman–Crippen LogP) is 6.29. The molecule has 1 aliphatic rings. The molecule has 0 aromatic heterocycles. The molecule has 0 aliphatic heterocycles. The van der Waals surface area contributed by atoms with Crippen LogP contribution in [0.1, 0.15) is 75.3 Å². The molecule has 0 N–H and O–H groups in total. The molecule has 0 unspecified atom stereocenters. The van der Waals surface area contributed by atoms with Crippen molar-refractivity contribution in [3.63, 3.8) is 0 Å². The SMILES string of the molecule is Cc1ccc(C2=CCCCCCCCCCC2)cc1. The lowest BCUT2D eigenvalue weighted by Crippen LogP contribution is -1.89. The van der Waals surface area contributed by atoms with Gasteiger partial charge in [-0.15, -0.1) is 0 Å². The van der Waals surface area contributed by atoms with E-state index in [9.17, 15) is 0 Å². The summed E-state index contributed by atoms with van der Waals surface area (Å²) in [6.45, 7) is 2.17.